The second kappa shape index (κ2) is 14.2. The molecule has 2 aromatic carbocycles. The third-order valence-corrected chi connectivity index (χ3v) is 12.0. The SMILES string of the molecule is C=C[C@@H]1C[C@@]1(C(=O)NS(=O)(=O)C1CC1)N1C[C@H](Oc2ncc(OC)c3ccc(Cl)cc23)C[C@H]1C(=O)NC(=O)[C@@H](Nc1cccc(OC)c1)C(C)(C)C. The van der Waals surface area contributed by atoms with E-state index in [4.69, 9.17) is 25.8 Å². The number of methoxy groups -OCH3 is 2. The van der Waals surface area contributed by atoms with Crippen molar-refractivity contribution in [2.24, 2.45) is 11.3 Å². The number of pyridine rings is 1. The summed E-state index contributed by atoms with van der Waals surface area (Å²) in [5.74, 6) is -1.08. The van der Waals surface area contributed by atoms with Gasteiger partial charge in [0.05, 0.1) is 31.7 Å². The van der Waals surface area contributed by atoms with Gasteiger partial charge in [-0.15, -0.1) is 6.58 Å². The molecule has 3 aliphatic rings. The highest BCUT2D eigenvalue weighted by atomic mass is 35.5. The van der Waals surface area contributed by atoms with E-state index in [-0.39, 0.29) is 25.3 Å². The maximum atomic E-state index is 14.3. The third kappa shape index (κ3) is 7.42. The fourth-order valence-corrected chi connectivity index (χ4v) is 8.47. The lowest BCUT2D eigenvalue weighted by Crippen LogP contribution is -2.59. The fourth-order valence-electron chi connectivity index (χ4n) is 6.94. The van der Waals surface area contributed by atoms with Crippen LogP contribution in [0.25, 0.3) is 10.8 Å². The first-order valence-electron chi connectivity index (χ1n) is 17.1. The van der Waals surface area contributed by atoms with Crippen LogP contribution >= 0.6 is 11.6 Å². The van der Waals surface area contributed by atoms with E-state index in [2.05, 4.69) is 26.9 Å². The van der Waals surface area contributed by atoms with Crippen molar-refractivity contribution in [3.63, 3.8) is 0 Å². The number of amides is 3. The van der Waals surface area contributed by atoms with Crippen molar-refractivity contribution < 1.29 is 37.0 Å². The first-order chi connectivity index (χ1) is 24.6. The Bertz CT molecular complexity index is 2020. The lowest BCUT2D eigenvalue weighted by Gasteiger charge is -2.34. The smallest absolute Gasteiger partial charge is 0.254 e. The number of carbonyl (C=O) groups excluding carboxylic acids is 3. The molecule has 2 saturated carbocycles. The maximum Gasteiger partial charge on any atom is 0.254 e. The van der Waals surface area contributed by atoms with Crippen molar-refractivity contribution in [2.75, 3.05) is 26.1 Å². The third-order valence-electron chi connectivity index (χ3n) is 9.97. The van der Waals surface area contributed by atoms with Gasteiger partial charge in [0.2, 0.25) is 27.7 Å². The second-order valence-electron chi connectivity index (χ2n) is 14.6. The number of rotatable bonds is 13. The highest BCUT2D eigenvalue weighted by molar-refractivity contribution is 7.91. The van der Waals surface area contributed by atoms with E-state index in [9.17, 15) is 22.8 Å². The van der Waals surface area contributed by atoms with Gasteiger partial charge in [-0.2, -0.15) is 0 Å². The Labute approximate surface area is 308 Å². The van der Waals surface area contributed by atoms with E-state index in [1.165, 1.54) is 13.3 Å². The quantitative estimate of drug-likeness (QED) is 0.211. The predicted octanol–water partition coefficient (Wildman–Crippen LogP) is 4.45. The predicted molar refractivity (Wildman–Crippen MR) is 197 cm³/mol. The van der Waals surface area contributed by atoms with Crippen molar-refractivity contribution in [1.82, 2.24) is 19.9 Å². The molecule has 2 aliphatic carbocycles. The average Bonchev–Trinajstić information content (AvgIpc) is 4.03. The largest absolute Gasteiger partial charge is 0.497 e. The summed E-state index contributed by atoms with van der Waals surface area (Å²) in [6, 6.07) is 10.4. The molecule has 13 nitrogen and oxygen atoms in total. The Morgan fingerprint density at radius 2 is 1.85 bits per heavy atom. The summed E-state index contributed by atoms with van der Waals surface area (Å²) in [5.41, 5.74) is -1.43. The fraction of sp³-hybridized carbons (Fsp3) is 0.459. The Hall–Kier alpha value is -4.40. The van der Waals surface area contributed by atoms with E-state index in [1.54, 1.807) is 60.6 Å². The van der Waals surface area contributed by atoms with Crippen molar-refractivity contribution in [3.05, 3.63) is 66.3 Å². The molecule has 1 aliphatic heterocycles. The highest BCUT2D eigenvalue weighted by Crippen LogP contribution is 2.53. The number of carbonyl (C=O) groups is 3. The number of sulfonamides is 1. The summed E-state index contributed by atoms with van der Waals surface area (Å²) in [7, 11) is -0.831. The second-order valence-corrected chi connectivity index (χ2v) is 17.0. The van der Waals surface area contributed by atoms with Crippen molar-refractivity contribution in [2.45, 2.75) is 75.4 Å². The molecule has 6 rings (SSSR count). The Morgan fingerprint density at radius 3 is 2.48 bits per heavy atom. The molecule has 2 heterocycles. The first-order valence-corrected chi connectivity index (χ1v) is 19.0. The number of halogens is 1. The van der Waals surface area contributed by atoms with Gasteiger partial charge in [0.15, 0.2) is 0 Å². The zero-order chi connectivity index (χ0) is 37.6. The van der Waals surface area contributed by atoms with E-state index < -0.39 is 68.1 Å². The summed E-state index contributed by atoms with van der Waals surface area (Å²) in [4.78, 5) is 48.3. The molecule has 3 fully saturated rings. The molecule has 3 N–H and O–H groups in total. The molecule has 52 heavy (non-hydrogen) atoms. The maximum absolute atomic E-state index is 14.3. The molecular formula is C37H44ClN5O8S. The van der Waals surface area contributed by atoms with Gasteiger partial charge >= 0.3 is 0 Å². The monoisotopic (exact) mass is 753 g/mol. The number of hydrogen-bond donors (Lipinski definition) is 3. The number of anilines is 1. The topological polar surface area (TPSA) is 165 Å². The lowest BCUT2D eigenvalue weighted by molar-refractivity contribution is -0.136. The Balaban J connectivity index is 1.31. The van der Waals surface area contributed by atoms with Gasteiger partial charge in [-0.1, -0.05) is 44.5 Å². The van der Waals surface area contributed by atoms with Crippen molar-refractivity contribution in [1.29, 1.82) is 0 Å². The van der Waals surface area contributed by atoms with Crippen LogP contribution in [0, 0.1) is 11.3 Å². The van der Waals surface area contributed by atoms with Crippen molar-refractivity contribution in [3.8, 4) is 17.4 Å². The molecule has 0 radical (unpaired) electrons. The summed E-state index contributed by atoms with van der Waals surface area (Å²) < 4.78 is 45.5. The van der Waals surface area contributed by atoms with Gasteiger partial charge in [-0.25, -0.2) is 13.4 Å². The number of fused-ring (bicyclic) bond motifs is 1. The van der Waals surface area contributed by atoms with E-state index in [1.807, 2.05) is 20.8 Å². The minimum Gasteiger partial charge on any atom is -0.497 e. The van der Waals surface area contributed by atoms with Gasteiger partial charge in [-0.3, -0.25) is 29.3 Å². The van der Waals surface area contributed by atoms with Crippen LogP contribution in [0.15, 0.2) is 61.3 Å². The number of nitrogens with one attached hydrogen (secondary N) is 3. The van der Waals surface area contributed by atoms with Crippen LogP contribution in [0.3, 0.4) is 0 Å². The van der Waals surface area contributed by atoms with Crippen LogP contribution in [0.1, 0.15) is 46.5 Å². The van der Waals surface area contributed by atoms with Crippen LogP contribution < -0.4 is 29.6 Å². The normalized spacial score (nSPS) is 23.7. The zero-order valence-electron chi connectivity index (χ0n) is 29.8. The Kier molecular flexibility index (Phi) is 10.2. The van der Waals surface area contributed by atoms with Gasteiger partial charge in [0.1, 0.15) is 29.2 Å². The zero-order valence-corrected chi connectivity index (χ0v) is 31.3. The minimum atomic E-state index is -3.90. The number of hydrogen-bond acceptors (Lipinski definition) is 11. The van der Waals surface area contributed by atoms with E-state index in [0.29, 0.717) is 45.8 Å². The molecule has 5 atom stereocenters. The number of imide groups is 1. The standard InChI is InChI=1S/C37H44ClN5O8S/c1-7-21-18-37(21,35(46)42-52(47,48)26-12-13-26)43-20-25(51-34-28-15-22(38)11-14-27(28)30(50-6)19-39-34)17-29(43)32(44)41-33(45)31(36(2,3)4)40-23-9-8-10-24(16-23)49-5/h7-11,14-16,19,21,25-26,29,31,40H,1,12-13,17-18,20H2,2-6H3,(H,42,46)(H,41,44,45)/t21-,25-,29+,31-,37-/m1/s1. The van der Waals surface area contributed by atoms with Gasteiger partial charge in [-0.05, 0) is 55.0 Å². The molecule has 0 spiro atoms. The van der Waals surface area contributed by atoms with Gasteiger partial charge < -0.3 is 19.5 Å². The molecular weight excluding hydrogens is 710 g/mol. The van der Waals surface area contributed by atoms with Crippen molar-refractivity contribution >= 4 is 55.8 Å². The Morgan fingerprint density at radius 1 is 1.10 bits per heavy atom. The summed E-state index contributed by atoms with van der Waals surface area (Å²) in [6.45, 7) is 9.56. The molecule has 0 unspecified atom stereocenters. The molecule has 3 aromatic rings. The number of likely N-dealkylation sites (tertiary alicyclic amines) is 1. The van der Waals surface area contributed by atoms with E-state index >= 15 is 0 Å². The number of aromatic nitrogens is 1. The minimum absolute atomic E-state index is 0.0496. The molecule has 1 saturated heterocycles. The molecule has 0 bridgehead atoms. The van der Waals surface area contributed by atoms with Crippen LogP contribution in [0.5, 0.6) is 17.4 Å². The molecule has 3 amide bonds. The molecule has 278 valence electrons. The van der Waals surface area contributed by atoms with Gasteiger partial charge in [0.25, 0.3) is 5.91 Å². The number of nitrogens with zero attached hydrogens (tertiary/aromatic N) is 2. The first kappa shape index (κ1) is 37.4. The van der Waals surface area contributed by atoms with Crippen LogP contribution in [0.2, 0.25) is 5.02 Å². The van der Waals surface area contributed by atoms with Crippen LogP contribution in [-0.4, -0.2) is 85.8 Å². The highest BCUT2D eigenvalue weighted by Gasteiger charge is 2.67. The number of ether oxygens (including phenoxy) is 3. The lowest BCUT2D eigenvalue weighted by atomic mass is 9.85. The summed E-state index contributed by atoms with van der Waals surface area (Å²) in [6.07, 6.45) is 3.65. The van der Waals surface area contributed by atoms with Crippen LogP contribution in [-0.2, 0) is 24.4 Å². The number of benzene rings is 2. The van der Waals surface area contributed by atoms with Crippen LogP contribution in [0.4, 0.5) is 5.69 Å². The molecule has 15 heteroatoms. The van der Waals surface area contributed by atoms with Gasteiger partial charge in [0, 0.05) is 46.4 Å². The summed E-state index contributed by atoms with van der Waals surface area (Å²) in [5, 5.41) is 6.94. The van der Waals surface area contributed by atoms with E-state index in [0.717, 1.165) is 0 Å². The molecule has 1 aromatic heterocycles. The summed E-state index contributed by atoms with van der Waals surface area (Å²) >= 11 is 6.35. The average molecular weight is 754 g/mol.